The Morgan fingerprint density at radius 2 is 1.79 bits per heavy atom. The van der Waals surface area contributed by atoms with Gasteiger partial charge < -0.3 is 19.3 Å². The van der Waals surface area contributed by atoms with Gasteiger partial charge in [-0.05, 0) is 17.7 Å². The van der Waals surface area contributed by atoms with Gasteiger partial charge in [-0.3, -0.25) is 9.59 Å². The lowest BCUT2D eigenvalue weighted by molar-refractivity contribution is -0.175. The van der Waals surface area contributed by atoms with E-state index in [1.807, 2.05) is 0 Å². The van der Waals surface area contributed by atoms with Gasteiger partial charge in [0, 0.05) is 13.5 Å². The van der Waals surface area contributed by atoms with Crippen LogP contribution in [-0.2, 0) is 30.2 Å². The zero-order valence-corrected chi connectivity index (χ0v) is 10.8. The van der Waals surface area contributed by atoms with Gasteiger partial charge in [0.25, 0.3) is 0 Å². The summed E-state index contributed by atoms with van der Waals surface area (Å²) in [4.78, 5) is 22.3. The lowest BCUT2D eigenvalue weighted by Gasteiger charge is -2.16. The van der Waals surface area contributed by atoms with Crippen molar-refractivity contribution >= 4 is 11.9 Å². The van der Waals surface area contributed by atoms with Crippen LogP contribution in [0.25, 0.3) is 0 Å². The summed E-state index contributed by atoms with van der Waals surface area (Å²) in [5.74, 6) is -1.22. The Morgan fingerprint density at radius 1 is 1.16 bits per heavy atom. The fourth-order valence-electron chi connectivity index (χ4n) is 1.38. The molecule has 6 heteroatoms. The van der Waals surface area contributed by atoms with Crippen LogP contribution >= 0.6 is 0 Å². The third-order valence-electron chi connectivity index (χ3n) is 2.38. The number of carbonyl (C=O) groups excluding carboxylic acids is 2. The molecule has 1 aromatic rings. The molecule has 0 amide bonds. The molecular formula is C13H16O6. The summed E-state index contributed by atoms with van der Waals surface area (Å²) in [5, 5.41) is 9.15. The third kappa shape index (κ3) is 5.39. The Kier molecular flexibility index (Phi) is 5.81. The van der Waals surface area contributed by atoms with Crippen molar-refractivity contribution in [3.8, 4) is 5.75 Å². The predicted octanol–water partition coefficient (Wildman–Crippen LogP) is 1.01. The Bertz CT molecular complexity index is 425. The molecule has 0 aromatic heterocycles. The Hall–Kier alpha value is -2.08. The minimum absolute atomic E-state index is 0.153. The summed E-state index contributed by atoms with van der Waals surface area (Å²) in [6, 6.07) is 6.43. The van der Waals surface area contributed by atoms with Crippen LogP contribution in [0, 0.1) is 0 Å². The van der Waals surface area contributed by atoms with Gasteiger partial charge in [0.1, 0.15) is 12.2 Å². The van der Waals surface area contributed by atoms with E-state index >= 15 is 0 Å². The van der Waals surface area contributed by atoms with Gasteiger partial charge in [-0.25, -0.2) is 0 Å². The molecule has 0 saturated carbocycles. The van der Waals surface area contributed by atoms with Crippen LogP contribution in [0.2, 0.25) is 0 Å². The molecule has 0 aliphatic heterocycles. The number of phenolic OH excluding ortho intramolecular Hbond substituents is 1. The maximum Gasteiger partial charge on any atom is 0.319 e. The summed E-state index contributed by atoms with van der Waals surface area (Å²) in [7, 11) is 2.59. The van der Waals surface area contributed by atoms with Crippen molar-refractivity contribution in [3.63, 3.8) is 0 Å². The molecule has 1 aromatic carbocycles. The topological polar surface area (TPSA) is 82.1 Å². The molecular weight excluding hydrogens is 252 g/mol. The molecule has 104 valence electrons. The lowest BCUT2D eigenvalue weighted by atomic mass is 10.1. The number of benzene rings is 1. The first kappa shape index (κ1) is 15.0. The van der Waals surface area contributed by atoms with Gasteiger partial charge in [0.05, 0.1) is 7.11 Å². The summed E-state index contributed by atoms with van der Waals surface area (Å²) in [5.41, 5.74) is 0.829. The van der Waals surface area contributed by atoms with Crippen LogP contribution in [0.4, 0.5) is 0 Å². The van der Waals surface area contributed by atoms with E-state index in [1.54, 1.807) is 12.1 Å². The van der Waals surface area contributed by atoms with Crippen molar-refractivity contribution in [2.24, 2.45) is 0 Å². The van der Waals surface area contributed by atoms with Gasteiger partial charge in [-0.2, -0.15) is 0 Å². The molecule has 0 heterocycles. The van der Waals surface area contributed by atoms with Gasteiger partial charge in [-0.15, -0.1) is 0 Å². The number of hydrogen-bond donors (Lipinski definition) is 1. The number of esters is 2. The van der Waals surface area contributed by atoms with E-state index in [0.717, 1.165) is 5.56 Å². The molecule has 0 aliphatic carbocycles. The van der Waals surface area contributed by atoms with E-state index in [0.29, 0.717) is 6.42 Å². The quantitative estimate of drug-likeness (QED) is 0.471. The first-order valence-electron chi connectivity index (χ1n) is 5.62. The molecule has 0 aliphatic rings. The number of hydrogen-bond acceptors (Lipinski definition) is 6. The highest BCUT2D eigenvalue weighted by atomic mass is 16.7. The molecule has 6 nitrogen and oxygen atoms in total. The zero-order chi connectivity index (χ0) is 14.3. The molecule has 1 N–H and O–H groups in total. The molecule has 0 radical (unpaired) electrons. The molecule has 19 heavy (non-hydrogen) atoms. The smallest absolute Gasteiger partial charge is 0.319 e. The molecule has 1 atom stereocenters. The number of aromatic hydroxyl groups is 1. The summed E-state index contributed by atoms with van der Waals surface area (Å²) < 4.78 is 14.4. The van der Waals surface area contributed by atoms with Crippen LogP contribution in [0.3, 0.4) is 0 Å². The van der Waals surface area contributed by atoms with Gasteiger partial charge in [0.15, 0.2) is 0 Å². The minimum atomic E-state index is -0.790. The maximum absolute atomic E-state index is 11.4. The lowest BCUT2D eigenvalue weighted by Crippen LogP contribution is -2.24. The summed E-state index contributed by atoms with van der Waals surface area (Å²) in [6.07, 6.45) is -0.919. The van der Waals surface area contributed by atoms with E-state index in [4.69, 9.17) is 14.6 Å². The van der Waals surface area contributed by atoms with Gasteiger partial charge >= 0.3 is 11.9 Å². The number of rotatable bonds is 6. The standard InChI is InChI=1S/C13H16O6/c1-17-11(15)8-12(16)19-13(18-2)7-9-3-5-10(14)6-4-9/h3-6,13-14H,7-8H2,1-2H3. The number of carbonyl (C=O) groups is 2. The first-order valence-corrected chi connectivity index (χ1v) is 5.62. The van der Waals surface area contributed by atoms with E-state index in [-0.39, 0.29) is 5.75 Å². The average Bonchev–Trinajstić information content (AvgIpc) is 2.40. The van der Waals surface area contributed by atoms with Crippen LogP contribution in [0.5, 0.6) is 5.75 Å². The van der Waals surface area contributed by atoms with E-state index < -0.39 is 24.6 Å². The van der Waals surface area contributed by atoms with E-state index in [2.05, 4.69) is 4.74 Å². The number of methoxy groups -OCH3 is 2. The minimum Gasteiger partial charge on any atom is -0.508 e. The molecule has 0 bridgehead atoms. The van der Waals surface area contributed by atoms with Crippen LogP contribution in [-0.4, -0.2) is 37.6 Å². The molecule has 0 fully saturated rings. The van der Waals surface area contributed by atoms with Crippen molar-refractivity contribution in [3.05, 3.63) is 29.8 Å². The van der Waals surface area contributed by atoms with Crippen LogP contribution in [0.15, 0.2) is 24.3 Å². The highest BCUT2D eigenvalue weighted by Gasteiger charge is 2.17. The molecule has 0 saturated heterocycles. The molecule has 0 spiro atoms. The third-order valence-corrected chi connectivity index (χ3v) is 2.38. The second kappa shape index (κ2) is 7.38. The van der Waals surface area contributed by atoms with Crippen LogP contribution in [0.1, 0.15) is 12.0 Å². The predicted molar refractivity (Wildman–Crippen MR) is 65.3 cm³/mol. The maximum atomic E-state index is 11.4. The zero-order valence-electron chi connectivity index (χ0n) is 10.8. The Labute approximate surface area is 110 Å². The Balaban J connectivity index is 2.51. The molecule has 1 rings (SSSR count). The summed E-state index contributed by atoms with van der Waals surface area (Å²) in [6.45, 7) is 0. The fraction of sp³-hybridized carbons (Fsp3) is 0.385. The summed E-state index contributed by atoms with van der Waals surface area (Å²) >= 11 is 0. The van der Waals surface area contributed by atoms with Crippen molar-refractivity contribution in [2.75, 3.05) is 14.2 Å². The van der Waals surface area contributed by atoms with E-state index in [1.165, 1.54) is 26.4 Å². The second-order valence-electron chi connectivity index (χ2n) is 3.78. The Morgan fingerprint density at radius 3 is 2.32 bits per heavy atom. The van der Waals surface area contributed by atoms with Crippen molar-refractivity contribution < 1.29 is 28.9 Å². The van der Waals surface area contributed by atoms with Crippen LogP contribution < -0.4 is 0 Å². The van der Waals surface area contributed by atoms with Gasteiger partial charge in [0.2, 0.25) is 6.29 Å². The number of phenols is 1. The normalized spacial score (nSPS) is 11.7. The SMILES string of the molecule is COC(=O)CC(=O)OC(Cc1ccc(O)cc1)OC. The highest BCUT2D eigenvalue weighted by molar-refractivity contribution is 5.91. The van der Waals surface area contributed by atoms with Crippen molar-refractivity contribution in [2.45, 2.75) is 19.1 Å². The van der Waals surface area contributed by atoms with E-state index in [9.17, 15) is 9.59 Å². The largest absolute Gasteiger partial charge is 0.508 e. The average molecular weight is 268 g/mol. The monoisotopic (exact) mass is 268 g/mol. The first-order chi connectivity index (χ1) is 9.05. The number of ether oxygens (including phenoxy) is 3. The van der Waals surface area contributed by atoms with Crippen molar-refractivity contribution in [1.29, 1.82) is 0 Å². The fourth-order valence-corrected chi connectivity index (χ4v) is 1.38. The second-order valence-corrected chi connectivity index (χ2v) is 3.78. The highest BCUT2D eigenvalue weighted by Crippen LogP contribution is 2.13. The molecule has 1 unspecified atom stereocenters. The van der Waals surface area contributed by atoms with Gasteiger partial charge in [-0.1, -0.05) is 12.1 Å². The van der Waals surface area contributed by atoms with Crippen molar-refractivity contribution in [1.82, 2.24) is 0 Å².